The number of anilines is 1. The number of fused-ring (bicyclic) bond motifs is 1. The molecule has 0 atom stereocenters. The van der Waals surface area contributed by atoms with Crippen molar-refractivity contribution >= 4 is 21.6 Å². The average Bonchev–Trinajstić information content (AvgIpc) is 2.65. The molecule has 5 nitrogen and oxygen atoms in total. The van der Waals surface area contributed by atoms with Crippen LogP contribution in [0, 0.1) is 6.92 Å². The number of aryl methyl sites for hydroxylation is 2. The molecule has 0 saturated carbocycles. The quantitative estimate of drug-likeness (QED) is 0.766. The molecule has 144 valence electrons. The first-order valence-corrected chi connectivity index (χ1v) is 11.1. The zero-order valence-electron chi connectivity index (χ0n) is 15.9. The minimum atomic E-state index is -3.40. The summed E-state index contributed by atoms with van der Waals surface area (Å²) in [5.74, 6) is -0.0272. The van der Waals surface area contributed by atoms with Crippen LogP contribution in [0.2, 0.25) is 0 Å². The molecule has 27 heavy (non-hydrogen) atoms. The number of carbonyl (C=O) groups is 1. The number of amides is 1. The van der Waals surface area contributed by atoms with Crippen molar-refractivity contribution in [2.24, 2.45) is 0 Å². The molecule has 0 radical (unpaired) electrons. The van der Waals surface area contributed by atoms with Crippen molar-refractivity contribution in [2.75, 3.05) is 24.2 Å². The smallest absolute Gasteiger partial charge is 0.228 e. The Morgan fingerprint density at radius 2 is 1.81 bits per heavy atom. The number of para-hydroxylation sites is 1. The summed E-state index contributed by atoms with van der Waals surface area (Å²) in [7, 11) is -3.40. The highest BCUT2D eigenvalue weighted by Gasteiger charge is 2.24. The highest BCUT2D eigenvalue weighted by Crippen LogP contribution is 2.27. The van der Waals surface area contributed by atoms with E-state index in [0.29, 0.717) is 6.54 Å². The van der Waals surface area contributed by atoms with Crippen LogP contribution in [-0.4, -0.2) is 38.0 Å². The number of nitrogens with zero attached hydrogens (tertiary/aromatic N) is 2. The molecule has 3 rings (SSSR count). The lowest BCUT2D eigenvalue weighted by atomic mass is 10.0. The van der Waals surface area contributed by atoms with E-state index in [-0.39, 0.29) is 25.4 Å². The molecule has 2 aromatic carbocycles. The predicted octanol–water partition coefficient (Wildman–Crippen LogP) is 3.13. The summed E-state index contributed by atoms with van der Waals surface area (Å²) in [6, 6.07) is 15.7. The van der Waals surface area contributed by atoms with Gasteiger partial charge in [-0.05, 0) is 42.5 Å². The largest absolute Gasteiger partial charge is 0.312 e. The monoisotopic (exact) mass is 386 g/mol. The molecule has 0 aliphatic carbocycles. The number of hydrogen-bond acceptors (Lipinski definition) is 3. The third-order valence-electron chi connectivity index (χ3n) is 5.06. The van der Waals surface area contributed by atoms with Crippen LogP contribution in [0.3, 0.4) is 0 Å². The Bertz CT molecular complexity index is 925. The maximum Gasteiger partial charge on any atom is 0.228 e. The van der Waals surface area contributed by atoms with Crippen LogP contribution in [0.4, 0.5) is 5.69 Å². The van der Waals surface area contributed by atoms with Gasteiger partial charge in [-0.3, -0.25) is 4.79 Å². The first-order chi connectivity index (χ1) is 12.9. The fraction of sp³-hybridized carbons (Fsp3) is 0.381. The first-order valence-electron chi connectivity index (χ1n) is 9.24. The molecule has 0 aromatic heterocycles. The molecule has 1 amide bonds. The Morgan fingerprint density at radius 1 is 1.11 bits per heavy atom. The van der Waals surface area contributed by atoms with Crippen LogP contribution in [0.5, 0.6) is 0 Å². The Morgan fingerprint density at radius 3 is 2.56 bits per heavy atom. The van der Waals surface area contributed by atoms with Gasteiger partial charge in [-0.1, -0.05) is 42.5 Å². The van der Waals surface area contributed by atoms with Crippen molar-refractivity contribution in [1.82, 2.24) is 4.31 Å². The fourth-order valence-electron chi connectivity index (χ4n) is 3.49. The van der Waals surface area contributed by atoms with Gasteiger partial charge in [-0.2, -0.15) is 4.31 Å². The number of benzene rings is 2. The molecule has 0 N–H and O–H groups in total. The van der Waals surface area contributed by atoms with E-state index in [4.69, 9.17) is 0 Å². The van der Waals surface area contributed by atoms with Crippen LogP contribution >= 0.6 is 0 Å². The predicted molar refractivity (Wildman–Crippen MR) is 108 cm³/mol. The highest BCUT2D eigenvalue weighted by molar-refractivity contribution is 7.88. The number of rotatable bonds is 6. The Labute approximate surface area is 161 Å². The summed E-state index contributed by atoms with van der Waals surface area (Å²) in [4.78, 5) is 14.6. The molecule has 1 aliphatic heterocycles. The van der Waals surface area contributed by atoms with Gasteiger partial charge in [-0.15, -0.1) is 0 Å². The molecular formula is C21H26N2O3S. The summed E-state index contributed by atoms with van der Waals surface area (Å²) in [5.41, 5.74) is 4.14. The third kappa shape index (κ3) is 4.76. The Kier molecular flexibility index (Phi) is 5.97. The number of sulfonamides is 1. The van der Waals surface area contributed by atoms with Crippen LogP contribution in [-0.2, 0) is 27.8 Å². The van der Waals surface area contributed by atoms with E-state index in [0.717, 1.165) is 29.7 Å². The molecular weight excluding hydrogens is 360 g/mol. The van der Waals surface area contributed by atoms with E-state index in [9.17, 15) is 13.2 Å². The van der Waals surface area contributed by atoms with Crippen LogP contribution < -0.4 is 4.90 Å². The molecule has 0 fully saturated rings. The second-order valence-corrected chi connectivity index (χ2v) is 9.03. The highest BCUT2D eigenvalue weighted by atomic mass is 32.2. The van der Waals surface area contributed by atoms with Gasteiger partial charge in [-0.25, -0.2) is 8.42 Å². The van der Waals surface area contributed by atoms with E-state index < -0.39 is 10.0 Å². The zero-order valence-corrected chi connectivity index (χ0v) is 16.7. The van der Waals surface area contributed by atoms with Gasteiger partial charge in [0.25, 0.3) is 0 Å². The van der Waals surface area contributed by atoms with Crippen molar-refractivity contribution < 1.29 is 13.2 Å². The standard InChI is InChI=1S/C21H26N2O3S/c1-17-8-3-4-10-19(17)16-22(27(2,25)26)15-13-21(24)23-14-7-11-18-9-5-6-12-20(18)23/h3-6,8-10,12H,7,11,13-16H2,1-2H3. The van der Waals surface area contributed by atoms with Crippen molar-refractivity contribution in [3.05, 3.63) is 65.2 Å². The third-order valence-corrected chi connectivity index (χ3v) is 6.31. The topological polar surface area (TPSA) is 57.7 Å². The maximum absolute atomic E-state index is 12.8. The number of hydrogen-bond donors (Lipinski definition) is 0. The van der Waals surface area contributed by atoms with Crippen molar-refractivity contribution in [3.63, 3.8) is 0 Å². The van der Waals surface area contributed by atoms with Crippen molar-refractivity contribution in [1.29, 1.82) is 0 Å². The molecule has 0 unspecified atom stereocenters. The fourth-order valence-corrected chi connectivity index (χ4v) is 4.28. The molecule has 1 heterocycles. The summed E-state index contributed by atoms with van der Waals surface area (Å²) >= 11 is 0. The summed E-state index contributed by atoms with van der Waals surface area (Å²) in [6.45, 7) is 3.12. The van der Waals surface area contributed by atoms with E-state index in [2.05, 4.69) is 6.07 Å². The Hall–Kier alpha value is -2.18. The van der Waals surface area contributed by atoms with Gasteiger partial charge < -0.3 is 4.90 Å². The van der Waals surface area contributed by atoms with E-state index in [1.807, 2.05) is 49.4 Å². The second-order valence-electron chi connectivity index (χ2n) is 7.05. The second kappa shape index (κ2) is 8.23. The molecule has 2 aromatic rings. The summed E-state index contributed by atoms with van der Waals surface area (Å²) < 4.78 is 25.9. The molecule has 0 saturated heterocycles. The average molecular weight is 387 g/mol. The lowest BCUT2D eigenvalue weighted by molar-refractivity contribution is -0.118. The SMILES string of the molecule is Cc1ccccc1CN(CCC(=O)N1CCCc2ccccc21)S(C)(=O)=O. The molecule has 1 aliphatic rings. The zero-order chi connectivity index (χ0) is 19.4. The number of carbonyl (C=O) groups excluding carboxylic acids is 1. The van der Waals surface area contributed by atoms with Crippen LogP contribution in [0.15, 0.2) is 48.5 Å². The Balaban J connectivity index is 1.71. The molecule has 6 heteroatoms. The lowest BCUT2D eigenvalue weighted by Crippen LogP contribution is -2.39. The van der Waals surface area contributed by atoms with Gasteiger partial charge in [0.05, 0.1) is 6.26 Å². The van der Waals surface area contributed by atoms with Gasteiger partial charge in [0.2, 0.25) is 15.9 Å². The van der Waals surface area contributed by atoms with Crippen molar-refractivity contribution in [2.45, 2.75) is 32.7 Å². The van der Waals surface area contributed by atoms with E-state index in [1.54, 1.807) is 4.90 Å². The van der Waals surface area contributed by atoms with E-state index in [1.165, 1.54) is 16.1 Å². The van der Waals surface area contributed by atoms with Crippen LogP contribution in [0.1, 0.15) is 29.5 Å². The summed E-state index contributed by atoms with van der Waals surface area (Å²) in [5, 5.41) is 0. The van der Waals surface area contributed by atoms with Gasteiger partial charge in [0.1, 0.15) is 0 Å². The molecule has 0 spiro atoms. The van der Waals surface area contributed by atoms with E-state index >= 15 is 0 Å². The summed E-state index contributed by atoms with van der Waals surface area (Å²) in [6.07, 6.45) is 3.28. The first kappa shape index (κ1) is 19.6. The minimum Gasteiger partial charge on any atom is -0.312 e. The van der Waals surface area contributed by atoms with Crippen molar-refractivity contribution in [3.8, 4) is 0 Å². The normalized spacial score (nSPS) is 14.3. The van der Waals surface area contributed by atoms with Gasteiger partial charge >= 0.3 is 0 Å². The lowest BCUT2D eigenvalue weighted by Gasteiger charge is -2.30. The minimum absolute atomic E-state index is 0.0272. The van der Waals surface area contributed by atoms with Gasteiger partial charge in [0.15, 0.2) is 0 Å². The van der Waals surface area contributed by atoms with Gasteiger partial charge in [0, 0.05) is 31.7 Å². The maximum atomic E-state index is 12.8. The van der Waals surface area contributed by atoms with Crippen LogP contribution in [0.25, 0.3) is 0 Å². The molecule has 0 bridgehead atoms.